The van der Waals surface area contributed by atoms with E-state index < -0.39 is 42.0 Å². The summed E-state index contributed by atoms with van der Waals surface area (Å²) in [5.74, 6) is -1.65. The van der Waals surface area contributed by atoms with Crippen LogP contribution in [0.1, 0.15) is 83.7 Å². The topological polar surface area (TPSA) is 151 Å². The van der Waals surface area contributed by atoms with E-state index in [4.69, 9.17) is 10.5 Å². The average molecular weight is 503 g/mol. The first-order chi connectivity index (χ1) is 16.9. The van der Waals surface area contributed by atoms with Gasteiger partial charge in [0, 0.05) is 12.1 Å². The van der Waals surface area contributed by atoms with Crippen LogP contribution >= 0.6 is 0 Å². The van der Waals surface area contributed by atoms with Crippen molar-refractivity contribution in [1.29, 1.82) is 0 Å². The van der Waals surface area contributed by atoms with Gasteiger partial charge in [-0.2, -0.15) is 0 Å². The van der Waals surface area contributed by atoms with E-state index in [1.54, 1.807) is 32.9 Å². The Labute approximate surface area is 211 Å². The van der Waals surface area contributed by atoms with Crippen LogP contribution in [0.2, 0.25) is 0 Å². The van der Waals surface area contributed by atoms with E-state index in [0.717, 1.165) is 32.1 Å². The van der Waals surface area contributed by atoms with Gasteiger partial charge in [-0.05, 0) is 64.2 Å². The first kappa shape index (κ1) is 27.3. The Morgan fingerprint density at radius 1 is 1.06 bits per heavy atom. The van der Waals surface area contributed by atoms with Gasteiger partial charge in [-0.1, -0.05) is 31.4 Å². The second-order valence-corrected chi connectivity index (χ2v) is 10.7. The summed E-state index contributed by atoms with van der Waals surface area (Å²) < 4.78 is 5.28. The predicted octanol–water partition coefficient (Wildman–Crippen LogP) is 2.64. The van der Waals surface area contributed by atoms with Crippen molar-refractivity contribution in [1.82, 2.24) is 15.5 Å². The zero-order chi connectivity index (χ0) is 26.5. The maximum Gasteiger partial charge on any atom is 0.408 e. The quantitative estimate of drug-likeness (QED) is 0.407. The Balaban J connectivity index is 1.92. The number of primary amides is 1. The number of phenols is 1. The van der Waals surface area contributed by atoms with Crippen molar-refractivity contribution in [3.63, 3.8) is 0 Å². The van der Waals surface area contributed by atoms with E-state index in [1.165, 1.54) is 17.0 Å². The third-order valence-corrected chi connectivity index (χ3v) is 6.28. The van der Waals surface area contributed by atoms with Crippen molar-refractivity contribution in [3.8, 4) is 5.75 Å². The zero-order valence-corrected chi connectivity index (χ0v) is 21.3. The third-order valence-electron chi connectivity index (χ3n) is 6.28. The molecule has 2 unspecified atom stereocenters. The molecule has 0 radical (unpaired) electrons. The lowest BCUT2D eigenvalue weighted by Crippen LogP contribution is -2.55. The first-order valence-corrected chi connectivity index (χ1v) is 12.6. The molecule has 198 valence electrons. The number of amides is 4. The molecule has 36 heavy (non-hydrogen) atoms. The van der Waals surface area contributed by atoms with Gasteiger partial charge in [0.1, 0.15) is 23.4 Å². The standard InChI is InChI=1S/C26H38N4O6/c1-26(2,3)36-25(35)29-20(15-21(27)32)24(34)30(18-11-12-18)22(16-9-13-19(31)14-10-16)23(33)28-17-7-5-4-6-8-17/h9-10,13-14,17-18,20,22,31H,4-8,11-12,15H2,1-3H3,(H2,27,32)(H,28,33)(H,29,35). The van der Waals surface area contributed by atoms with Crippen LogP contribution in [0, 0.1) is 0 Å². The molecule has 0 saturated heterocycles. The number of nitrogens with zero attached hydrogens (tertiary/aromatic N) is 1. The molecule has 1 aromatic rings. The molecule has 0 spiro atoms. The third kappa shape index (κ3) is 7.86. The lowest BCUT2D eigenvalue weighted by Gasteiger charge is -2.35. The van der Waals surface area contributed by atoms with E-state index >= 15 is 0 Å². The summed E-state index contributed by atoms with van der Waals surface area (Å²) in [6.07, 6.45) is 5.01. The second-order valence-electron chi connectivity index (χ2n) is 10.7. The number of nitrogens with two attached hydrogens (primary N) is 1. The molecule has 0 aliphatic heterocycles. The van der Waals surface area contributed by atoms with Gasteiger partial charge in [-0.3, -0.25) is 14.4 Å². The second kappa shape index (κ2) is 11.6. The van der Waals surface area contributed by atoms with E-state index in [1.807, 2.05) is 0 Å². The van der Waals surface area contributed by atoms with Crippen molar-refractivity contribution >= 4 is 23.8 Å². The fourth-order valence-corrected chi connectivity index (χ4v) is 4.52. The smallest absolute Gasteiger partial charge is 0.408 e. The number of benzene rings is 1. The van der Waals surface area contributed by atoms with Gasteiger partial charge in [0.05, 0.1) is 6.42 Å². The SMILES string of the molecule is CC(C)(C)OC(=O)NC(CC(N)=O)C(=O)N(C1CC1)C(C(=O)NC1CCCCC1)c1ccc(O)cc1. The molecule has 5 N–H and O–H groups in total. The molecule has 0 heterocycles. The molecule has 2 atom stereocenters. The molecule has 3 rings (SSSR count). The molecule has 0 bridgehead atoms. The van der Waals surface area contributed by atoms with Crippen molar-refractivity contribution in [2.24, 2.45) is 5.73 Å². The molecule has 10 nitrogen and oxygen atoms in total. The van der Waals surface area contributed by atoms with Gasteiger partial charge in [0.25, 0.3) is 0 Å². The summed E-state index contributed by atoms with van der Waals surface area (Å²) in [5, 5.41) is 15.4. The number of rotatable bonds is 9. The fraction of sp³-hybridized carbons (Fsp3) is 0.615. The van der Waals surface area contributed by atoms with Crippen molar-refractivity contribution in [2.75, 3.05) is 0 Å². The van der Waals surface area contributed by atoms with Gasteiger partial charge < -0.3 is 31.1 Å². The summed E-state index contributed by atoms with van der Waals surface area (Å²) >= 11 is 0. The van der Waals surface area contributed by atoms with Crippen molar-refractivity contribution in [2.45, 2.75) is 102 Å². The molecule has 0 aromatic heterocycles. The minimum Gasteiger partial charge on any atom is -0.508 e. The summed E-state index contributed by atoms with van der Waals surface area (Å²) in [6, 6.07) is 3.63. The molecular formula is C26H38N4O6. The van der Waals surface area contributed by atoms with E-state index in [9.17, 15) is 24.3 Å². The molecule has 2 aliphatic rings. The van der Waals surface area contributed by atoms with Crippen LogP contribution in [-0.4, -0.2) is 57.5 Å². The molecule has 2 aliphatic carbocycles. The van der Waals surface area contributed by atoms with Crippen LogP contribution in [-0.2, 0) is 19.1 Å². The van der Waals surface area contributed by atoms with E-state index in [0.29, 0.717) is 18.4 Å². The van der Waals surface area contributed by atoms with Gasteiger partial charge >= 0.3 is 6.09 Å². The number of carbonyl (C=O) groups excluding carboxylic acids is 4. The van der Waals surface area contributed by atoms with Gasteiger partial charge in [0.15, 0.2) is 0 Å². The van der Waals surface area contributed by atoms with Crippen LogP contribution in [0.4, 0.5) is 4.79 Å². The van der Waals surface area contributed by atoms with Crippen LogP contribution in [0.3, 0.4) is 0 Å². The highest BCUT2D eigenvalue weighted by molar-refractivity contribution is 5.95. The van der Waals surface area contributed by atoms with Gasteiger partial charge in [-0.15, -0.1) is 0 Å². The zero-order valence-electron chi connectivity index (χ0n) is 21.3. The van der Waals surface area contributed by atoms with Crippen LogP contribution < -0.4 is 16.4 Å². The van der Waals surface area contributed by atoms with Crippen LogP contribution in [0.25, 0.3) is 0 Å². The minimum absolute atomic E-state index is 0.0170. The summed E-state index contributed by atoms with van der Waals surface area (Å²) in [7, 11) is 0. The number of phenolic OH excluding ortho intramolecular Hbond substituents is 1. The number of alkyl carbamates (subject to hydrolysis) is 1. The fourth-order valence-electron chi connectivity index (χ4n) is 4.52. The number of nitrogens with one attached hydrogen (secondary N) is 2. The Kier molecular flexibility index (Phi) is 8.81. The Hall–Kier alpha value is -3.30. The highest BCUT2D eigenvalue weighted by Crippen LogP contribution is 2.36. The Morgan fingerprint density at radius 2 is 1.67 bits per heavy atom. The number of hydrogen-bond acceptors (Lipinski definition) is 6. The maximum absolute atomic E-state index is 13.9. The lowest BCUT2D eigenvalue weighted by atomic mass is 9.94. The average Bonchev–Trinajstić information content (AvgIpc) is 3.61. The highest BCUT2D eigenvalue weighted by Gasteiger charge is 2.44. The molecular weight excluding hydrogens is 464 g/mol. The number of hydrogen-bond donors (Lipinski definition) is 4. The number of aromatic hydroxyl groups is 1. The monoisotopic (exact) mass is 502 g/mol. The minimum atomic E-state index is -1.29. The first-order valence-electron chi connectivity index (χ1n) is 12.6. The molecule has 2 saturated carbocycles. The molecule has 1 aromatic carbocycles. The van der Waals surface area contributed by atoms with E-state index in [2.05, 4.69) is 10.6 Å². The number of ether oxygens (including phenoxy) is 1. The molecule has 4 amide bonds. The largest absolute Gasteiger partial charge is 0.508 e. The Bertz CT molecular complexity index is 948. The Morgan fingerprint density at radius 3 is 2.19 bits per heavy atom. The predicted molar refractivity (Wildman–Crippen MR) is 133 cm³/mol. The summed E-state index contributed by atoms with van der Waals surface area (Å²) in [4.78, 5) is 53.3. The lowest BCUT2D eigenvalue weighted by molar-refractivity contribution is -0.144. The van der Waals surface area contributed by atoms with Gasteiger partial charge in [0.2, 0.25) is 17.7 Å². The summed E-state index contributed by atoms with van der Waals surface area (Å²) in [6.45, 7) is 5.05. The van der Waals surface area contributed by atoms with Crippen molar-refractivity contribution < 1.29 is 29.0 Å². The summed E-state index contributed by atoms with van der Waals surface area (Å²) in [5.41, 5.74) is 5.12. The van der Waals surface area contributed by atoms with E-state index in [-0.39, 0.29) is 23.7 Å². The number of carbonyl (C=O) groups is 4. The molecule has 10 heteroatoms. The normalized spacial score (nSPS) is 18.0. The van der Waals surface area contributed by atoms with Gasteiger partial charge in [-0.25, -0.2) is 4.79 Å². The van der Waals surface area contributed by atoms with Crippen LogP contribution in [0.15, 0.2) is 24.3 Å². The maximum atomic E-state index is 13.9. The molecule has 2 fully saturated rings. The van der Waals surface area contributed by atoms with Crippen LogP contribution in [0.5, 0.6) is 5.75 Å². The van der Waals surface area contributed by atoms with Crippen molar-refractivity contribution in [3.05, 3.63) is 29.8 Å². The highest BCUT2D eigenvalue weighted by atomic mass is 16.6.